The molecule has 0 fully saturated rings. The molecule has 2 aromatic carbocycles. The lowest BCUT2D eigenvalue weighted by molar-refractivity contribution is -0.120. The minimum Gasteiger partial charge on any atom is -0.484 e. The Morgan fingerprint density at radius 1 is 1.15 bits per heavy atom. The summed E-state index contributed by atoms with van der Waals surface area (Å²) in [4.78, 5) is 21.2. The molecule has 0 atom stereocenters. The number of rotatable bonds is 7. The third-order valence-corrected chi connectivity index (χ3v) is 5.30. The zero-order valence-corrected chi connectivity index (χ0v) is 17.2. The van der Waals surface area contributed by atoms with Gasteiger partial charge >= 0.3 is 0 Å². The van der Waals surface area contributed by atoms with E-state index in [9.17, 15) is 4.79 Å². The Morgan fingerprint density at radius 3 is 2.59 bits per heavy atom. The Morgan fingerprint density at radius 2 is 1.89 bits per heavy atom. The van der Waals surface area contributed by atoms with Crippen LogP contribution in [0.1, 0.15) is 5.56 Å². The van der Waals surface area contributed by atoms with E-state index in [2.05, 4.69) is 4.98 Å². The molecule has 27 heavy (non-hydrogen) atoms. The van der Waals surface area contributed by atoms with Gasteiger partial charge in [-0.1, -0.05) is 40.6 Å². The Kier molecular flexibility index (Phi) is 6.31. The van der Waals surface area contributed by atoms with E-state index in [0.29, 0.717) is 22.4 Å². The highest BCUT2D eigenvalue weighted by Crippen LogP contribution is 2.30. The fraction of sp³-hybridized carbons (Fsp3) is 0.300. The fourth-order valence-electron chi connectivity index (χ4n) is 2.49. The SMILES string of the molecule is Cc1ccc(OCC(=O)N(CCN(C)C)c2nc3ccc(Cl)cc3s2)cc1. The van der Waals surface area contributed by atoms with Gasteiger partial charge in [-0.3, -0.25) is 9.69 Å². The van der Waals surface area contributed by atoms with Gasteiger partial charge in [-0.05, 0) is 51.4 Å². The number of halogens is 1. The van der Waals surface area contributed by atoms with Crippen LogP contribution in [0.5, 0.6) is 5.75 Å². The standard InChI is InChI=1S/C20H22ClN3O2S/c1-14-4-7-16(8-5-14)26-13-19(25)24(11-10-23(2)3)20-22-17-9-6-15(21)12-18(17)27-20/h4-9,12H,10-11,13H2,1-3H3. The monoisotopic (exact) mass is 403 g/mol. The molecule has 0 radical (unpaired) electrons. The first kappa shape index (κ1) is 19.6. The van der Waals surface area contributed by atoms with Crippen LogP contribution in [0.2, 0.25) is 5.02 Å². The van der Waals surface area contributed by atoms with Crippen molar-refractivity contribution in [1.29, 1.82) is 0 Å². The van der Waals surface area contributed by atoms with Crippen molar-refractivity contribution >= 4 is 44.2 Å². The molecule has 1 heterocycles. The Labute approximate surface area is 168 Å². The molecule has 0 N–H and O–H groups in total. The number of aromatic nitrogens is 1. The molecule has 1 aromatic heterocycles. The van der Waals surface area contributed by atoms with E-state index in [0.717, 1.165) is 22.3 Å². The zero-order chi connectivity index (χ0) is 19.4. The van der Waals surface area contributed by atoms with Gasteiger partial charge < -0.3 is 9.64 Å². The van der Waals surface area contributed by atoms with Crippen molar-refractivity contribution in [3.05, 3.63) is 53.1 Å². The molecule has 7 heteroatoms. The number of aryl methyl sites for hydroxylation is 1. The summed E-state index contributed by atoms with van der Waals surface area (Å²) in [5.41, 5.74) is 1.98. The van der Waals surface area contributed by atoms with Crippen LogP contribution in [-0.4, -0.2) is 49.6 Å². The van der Waals surface area contributed by atoms with E-state index in [1.807, 2.05) is 62.3 Å². The van der Waals surface area contributed by atoms with Crippen molar-refractivity contribution in [2.24, 2.45) is 0 Å². The van der Waals surface area contributed by atoms with Crippen LogP contribution in [0.15, 0.2) is 42.5 Å². The average molecular weight is 404 g/mol. The second kappa shape index (κ2) is 8.69. The van der Waals surface area contributed by atoms with Crippen LogP contribution in [0, 0.1) is 6.92 Å². The van der Waals surface area contributed by atoms with E-state index in [1.54, 1.807) is 11.0 Å². The molecule has 5 nitrogen and oxygen atoms in total. The highest BCUT2D eigenvalue weighted by Gasteiger charge is 2.20. The predicted molar refractivity (Wildman–Crippen MR) is 112 cm³/mol. The first-order chi connectivity index (χ1) is 12.9. The summed E-state index contributed by atoms with van der Waals surface area (Å²) < 4.78 is 6.63. The van der Waals surface area contributed by atoms with Gasteiger partial charge in [0, 0.05) is 18.1 Å². The number of amides is 1. The summed E-state index contributed by atoms with van der Waals surface area (Å²) >= 11 is 7.53. The van der Waals surface area contributed by atoms with Crippen LogP contribution < -0.4 is 9.64 Å². The van der Waals surface area contributed by atoms with Gasteiger partial charge in [-0.25, -0.2) is 4.98 Å². The number of ether oxygens (including phenoxy) is 1. The van der Waals surface area contributed by atoms with Gasteiger partial charge in [-0.15, -0.1) is 0 Å². The lowest BCUT2D eigenvalue weighted by atomic mass is 10.2. The second-order valence-electron chi connectivity index (χ2n) is 6.56. The van der Waals surface area contributed by atoms with Crippen molar-refractivity contribution in [3.8, 4) is 5.75 Å². The minimum absolute atomic E-state index is 0.0346. The van der Waals surface area contributed by atoms with Crippen LogP contribution in [-0.2, 0) is 4.79 Å². The summed E-state index contributed by atoms with van der Waals surface area (Å²) in [6.45, 7) is 3.24. The fourth-order valence-corrected chi connectivity index (χ4v) is 3.77. The molecule has 0 spiro atoms. The Balaban J connectivity index is 1.78. The maximum atomic E-state index is 12.9. The summed E-state index contributed by atoms with van der Waals surface area (Å²) in [5.74, 6) is 0.556. The molecule has 142 valence electrons. The average Bonchev–Trinajstić information content (AvgIpc) is 3.03. The van der Waals surface area contributed by atoms with E-state index < -0.39 is 0 Å². The molecule has 0 bridgehead atoms. The first-order valence-corrected chi connectivity index (χ1v) is 9.82. The van der Waals surface area contributed by atoms with Crippen LogP contribution >= 0.6 is 22.9 Å². The molecule has 0 unspecified atom stereocenters. The third-order valence-electron chi connectivity index (χ3n) is 4.03. The lowest BCUT2D eigenvalue weighted by Gasteiger charge is -2.22. The van der Waals surface area contributed by atoms with Crippen molar-refractivity contribution in [1.82, 2.24) is 9.88 Å². The number of hydrogen-bond donors (Lipinski definition) is 0. The summed E-state index contributed by atoms with van der Waals surface area (Å²) in [6.07, 6.45) is 0. The number of carbonyl (C=O) groups excluding carboxylic acids is 1. The Hall–Kier alpha value is -2.15. The van der Waals surface area contributed by atoms with Gasteiger partial charge in [-0.2, -0.15) is 0 Å². The predicted octanol–water partition coefficient (Wildman–Crippen LogP) is 4.23. The van der Waals surface area contributed by atoms with Gasteiger partial charge in [0.15, 0.2) is 11.7 Å². The van der Waals surface area contributed by atoms with Crippen LogP contribution in [0.4, 0.5) is 5.13 Å². The Bertz CT molecular complexity index is 925. The number of likely N-dealkylation sites (N-methyl/N-ethyl adjacent to an activating group) is 1. The van der Waals surface area contributed by atoms with Gasteiger partial charge in [0.1, 0.15) is 5.75 Å². The largest absolute Gasteiger partial charge is 0.484 e. The van der Waals surface area contributed by atoms with Crippen molar-refractivity contribution < 1.29 is 9.53 Å². The molecular weight excluding hydrogens is 382 g/mol. The van der Waals surface area contributed by atoms with E-state index in [1.165, 1.54) is 11.3 Å². The van der Waals surface area contributed by atoms with E-state index in [-0.39, 0.29) is 12.5 Å². The highest BCUT2D eigenvalue weighted by atomic mass is 35.5. The number of fused-ring (bicyclic) bond motifs is 1. The molecular formula is C20H22ClN3O2S. The van der Waals surface area contributed by atoms with Gasteiger partial charge in [0.25, 0.3) is 5.91 Å². The van der Waals surface area contributed by atoms with Gasteiger partial charge in [0.2, 0.25) is 0 Å². The molecule has 0 aliphatic rings. The van der Waals surface area contributed by atoms with E-state index in [4.69, 9.17) is 16.3 Å². The summed E-state index contributed by atoms with van der Waals surface area (Å²) in [6, 6.07) is 13.2. The second-order valence-corrected chi connectivity index (χ2v) is 8.00. The molecule has 0 saturated heterocycles. The number of anilines is 1. The number of carbonyl (C=O) groups is 1. The minimum atomic E-state index is -0.123. The summed E-state index contributed by atoms with van der Waals surface area (Å²) in [5, 5.41) is 1.32. The highest BCUT2D eigenvalue weighted by molar-refractivity contribution is 7.22. The lowest BCUT2D eigenvalue weighted by Crippen LogP contribution is -2.39. The molecule has 0 saturated carbocycles. The normalized spacial score (nSPS) is 11.1. The first-order valence-electron chi connectivity index (χ1n) is 8.63. The maximum Gasteiger partial charge on any atom is 0.266 e. The molecule has 3 aromatic rings. The molecule has 0 aliphatic carbocycles. The number of benzene rings is 2. The number of hydrogen-bond acceptors (Lipinski definition) is 5. The quantitative estimate of drug-likeness (QED) is 0.592. The van der Waals surface area contributed by atoms with Crippen LogP contribution in [0.3, 0.4) is 0 Å². The van der Waals surface area contributed by atoms with Crippen molar-refractivity contribution in [3.63, 3.8) is 0 Å². The molecule has 1 amide bonds. The zero-order valence-electron chi connectivity index (χ0n) is 15.6. The van der Waals surface area contributed by atoms with Crippen molar-refractivity contribution in [2.75, 3.05) is 38.7 Å². The third kappa shape index (κ3) is 5.19. The van der Waals surface area contributed by atoms with Crippen molar-refractivity contribution in [2.45, 2.75) is 6.92 Å². The summed E-state index contributed by atoms with van der Waals surface area (Å²) in [7, 11) is 3.95. The topological polar surface area (TPSA) is 45.7 Å². The van der Waals surface area contributed by atoms with Crippen LogP contribution in [0.25, 0.3) is 10.2 Å². The van der Waals surface area contributed by atoms with Gasteiger partial charge in [0.05, 0.1) is 10.2 Å². The molecule has 0 aliphatic heterocycles. The number of nitrogens with zero attached hydrogens (tertiary/aromatic N) is 3. The maximum absolute atomic E-state index is 12.9. The smallest absolute Gasteiger partial charge is 0.266 e. The van der Waals surface area contributed by atoms with E-state index >= 15 is 0 Å². The molecule has 3 rings (SSSR count). The number of thiazole rings is 1.